The lowest BCUT2D eigenvalue weighted by atomic mass is 9.94. The lowest BCUT2D eigenvalue weighted by Crippen LogP contribution is -2.44. The van der Waals surface area contributed by atoms with Gasteiger partial charge in [-0.15, -0.1) is 0 Å². The molecule has 1 aromatic rings. The molecule has 1 fully saturated rings. The van der Waals surface area contributed by atoms with Crippen molar-refractivity contribution in [2.45, 2.75) is 19.3 Å². The molecule has 1 heterocycles. The van der Waals surface area contributed by atoms with Crippen molar-refractivity contribution in [2.24, 2.45) is 5.92 Å². The highest BCUT2D eigenvalue weighted by molar-refractivity contribution is 6.30. The highest BCUT2D eigenvalue weighted by Gasteiger charge is 2.24. The average molecular weight is 353 g/mol. The standard InChI is InChI=1S/C18H25ClN2O3/c1-20(18(23)15-4-3-5-16(19)12-15)13-17(22)21-9-6-14(7-10-21)8-11-24-2/h3-5,12,14H,6-11,13H2,1-2H3. The Morgan fingerprint density at radius 3 is 2.67 bits per heavy atom. The number of benzene rings is 1. The number of ether oxygens (including phenoxy) is 1. The Morgan fingerprint density at radius 2 is 2.04 bits per heavy atom. The summed E-state index contributed by atoms with van der Waals surface area (Å²) < 4.78 is 5.11. The van der Waals surface area contributed by atoms with Crippen LogP contribution in [0.25, 0.3) is 0 Å². The summed E-state index contributed by atoms with van der Waals surface area (Å²) in [5, 5.41) is 0.513. The molecule has 0 bridgehead atoms. The van der Waals surface area contributed by atoms with Gasteiger partial charge in [0, 0.05) is 44.4 Å². The van der Waals surface area contributed by atoms with E-state index in [4.69, 9.17) is 16.3 Å². The van der Waals surface area contributed by atoms with E-state index < -0.39 is 0 Å². The fourth-order valence-electron chi connectivity index (χ4n) is 2.97. The van der Waals surface area contributed by atoms with Crippen molar-refractivity contribution in [1.29, 1.82) is 0 Å². The third-order valence-electron chi connectivity index (χ3n) is 4.49. The zero-order chi connectivity index (χ0) is 17.5. The smallest absolute Gasteiger partial charge is 0.254 e. The van der Waals surface area contributed by atoms with Gasteiger partial charge in [-0.3, -0.25) is 9.59 Å². The van der Waals surface area contributed by atoms with Crippen LogP contribution in [0.15, 0.2) is 24.3 Å². The van der Waals surface area contributed by atoms with E-state index in [1.807, 2.05) is 4.90 Å². The first kappa shape index (κ1) is 18.7. The number of likely N-dealkylation sites (tertiary alicyclic amines) is 1. The van der Waals surface area contributed by atoms with E-state index in [9.17, 15) is 9.59 Å². The first-order chi connectivity index (χ1) is 11.5. The first-order valence-electron chi connectivity index (χ1n) is 8.29. The molecular formula is C18H25ClN2O3. The molecule has 0 radical (unpaired) electrons. The molecule has 6 heteroatoms. The third kappa shape index (κ3) is 5.21. The molecule has 0 N–H and O–H groups in total. The second-order valence-corrected chi connectivity index (χ2v) is 6.71. The number of rotatable bonds is 6. The van der Waals surface area contributed by atoms with E-state index in [2.05, 4.69) is 0 Å². The van der Waals surface area contributed by atoms with Crippen LogP contribution in [0.3, 0.4) is 0 Å². The molecule has 0 unspecified atom stereocenters. The molecule has 0 saturated carbocycles. The average Bonchev–Trinajstić information content (AvgIpc) is 2.59. The number of likely N-dealkylation sites (N-methyl/N-ethyl adjacent to an activating group) is 1. The second kappa shape index (κ2) is 9.04. The number of hydrogen-bond donors (Lipinski definition) is 0. The number of carbonyl (C=O) groups is 2. The Kier molecular flexibility index (Phi) is 7.06. The predicted molar refractivity (Wildman–Crippen MR) is 94.2 cm³/mol. The van der Waals surface area contributed by atoms with Crippen LogP contribution in [0.1, 0.15) is 29.6 Å². The predicted octanol–water partition coefficient (Wildman–Crippen LogP) is 2.69. The van der Waals surface area contributed by atoms with Crippen molar-refractivity contribution in [3.63, 3.8) is 0 Å². The van der Waals surface area contributed by atoms with Gasteiger partial charge in [-0.2, -0.15) is 0 Å². The maximum Gasteiger partial charge on any atom is 0.254 e. The molecule has 2 amide bonds. The summed E-state index contributed by atoms with van der Waals surface area (Å²) in [6, 6.07) is 6.77. The fraction of sp³-hybridized carbons (Fsp3) is 0.556. The second-order valence-electron chi connectivity index (χ2n) is 6.28. The summed E-state index contributed by atoms with van der Waals surface area (Å²) in [5.74, 6) is 0.429. The molecule has 1 saturated heterocycles. The number of halogens is 1. The Balaban J connectivity index is 1.83. The molecule has 132 valence electrons. The van der Waals surface area contributed by atoms with Crippen molar-refractivity contribution >= 4 is 23.4 Å². The molecule has 0 aromatic heterocycles. The molecular weight excluding hydrogens is 328 g/mol. The highest BCUT2D eigenvalue weighted by atomic mass is 35.5. The van der Waals surface area contributed by atoms with Crippen LogP contribution in [0.4, 0.5) is 0 Å². The zero-order valence-corrected chi connectivity index (χ0v) is 15.1. The van der Waals surface area contributed by atoms with Crippen molar-refractivity contribution in [2.75, 3.05) is 40.4 Å². The molecule has 1 aliphatic heterocycles. The Morgan fingerprint density at radius 1 is 1.33 bits per heavy atom. The fourth-order valence-corrected chi connectivity index (χ4v) is 3.16. The lowest BCUT2D eigenvalue weighted by molar-refractivity contribution is -0.133. The normalized spacial score (nSPS) is 15.4. The van der Waals surface area contributed by atoms with Gasteiger partial charge in [-0.05, 0) is 43.4 Å². The number of nitrogens with zero attached hydrogens (tertiary/aromatic N) is 2. The molecule has 0 atom stereocenters. The van der Waals surface area contributed by atoms with E-state index in [0.29, 0.717) is 16.5 Å². The van der Waals surface area contributed by atoms with Gasteiger partial charge < -0.3 is 14.5 Å². The van der Waals surface area contributed by atoms with Gasteiger partial charge in [0.15, 0.2) is 0 Å². The van der Waals surface area contributed by atoms with Crippen LogP contribution >= 0.6 is 11.6 Å². The summed E-state index contributed by atoms with van der Waals surface area (Å²) in [7, 11) is 3.36. The Labute approximate surface area is 148 Å². The van der Waals surface area contributed by atoms with Gasteiger partial charge in [0.1, 0.15) is 0 Å². The number of methoxy groups -OCH3 is 1. The van der Waals surface area contributed by atoms with Gasteiger partial charge in [0.25, 0.3) is 5.91 Å². The van der Waals surface area contributed by atoms with Crippen LogP contribution in [0, 0.1) is 5.92 Å². The van der Waals surface area contributed by atoms with Crippen LogP contribution in [0.2, 0.25) is 5.02 Å². The number of amides is 2. The molecule has 0 spiro atoms. The van der Waals surface area contributed by atoms with E-state index >= 15 is 0 Å². The molecule has 24 heavy (non-hydrogen) atoms. The minimum Gasteiger partial charge on any atom is -0.385 e. The lowest BCUT2D eigenvalue weighted by Gasteiger charge is -2.33. The van der Waals surface area contributed by atoms with Gasteiger partial charge in [-0.25, -0.2) is 0 Å². The molecule has 5 nitrogen and oxygen atoms in total. The third-order valence-corrected chi connectivity index (χ3v) is 4.72. The summed E-state index contributed by atoms with van der Waals surface area (Å²) in [6.45, 7) is 2.38. The largest absolute Gasteiger partial charge is 0.385 e. The maximum atomic E-state index is 12.4. The summed E-state index contributed by atoms with van der Waals surface area (Å²) >= 11 is 5.92. The minimum absolute atomic E-state index is 0.00179. The van der Waals surface area contributed by atoms with Gasteiger partial charge in [0.2, 0.25) is 5.91 Å². The molecule has 0 aliphatic carbocycles. The maximum absolute atomic E-state index is 12.4. The van der Waals surface area contributed by atoms with E-state index in [-0.39, 0.29) is 18.4 Å². The first-order valence-corrected chi connectivity index (χ1v) is 8.66. The van der Waals surface area contributed by atoms with Gasteiger partial charge >= 0.3 is 0 Å². The van der Waals surface area contributed by atoms with Crippen LogP contribution in [0.5, 0.6) is 0 Å². The van der Waals surface area contributed by atoms with Crippen LogP contribution < -0.4 is 0 Å². The van der Waals surface area contributed by atoms with E-state index in [1.165, 1.54) is 4.90 Å². The molecule has 2 rings (SSSR count). The monoisotopic (exact) mass is 352 g/mol. The summed E-state index contributed by atoms with van der Waals surface area (Å²) in [5.41, 5.74) is 0.496. The zero-order valence-electron chi connectivity index (χ0n) is 14.3. The topological polar surface area (TPSA) is 49.9 Å². The Hall–Kier alpha value is -1.59. The van der Waals surface area contributed by atoms with Crippen molar-refractivity contribution in [3.05, 3.63) is 34.9 Å². The number of piperidine rings is 1. The number of carbonyl (C=O) groups excluding carboxylic acids is 2. The summed E-state index contributed by atoms with van der Waals surface area (Å²) in [6.07, 6.45) is 3.05. The molecule has 1 aromatic carbocycles. The number of hydrogen-bond acceptors (Lipinski definition) is 3. The molecule has 1 aliphatic rings. The SMILES string of the molecule is COCCC1CCN(C(=O)CN(C)C(=O)c2cccc(Cl)c2)CC1. The highest BCUT2D eigenvalue weighted by Crippen LogP contribution is 2.20. The van der Waals surface area contributed by atoms with E-state index in [0.717, 1.165) is 39.0 Å². The minimum atomic E-state index is -0.194. The van der Waals surface area contributed by atoms with Gasteiger partial charge in [0.05, 0.1) is 6.54 Å². The Bertz CT molecular complexity index is 571. The van der Waals surface area contributed by atoms with Crippen molar-refractivity contribution in [3.8, 4) is 0 Å². The quantitative estimate of drug-likeness (QED) is 0.791. The van der Waals surface area contributed by atoms with Crippen LogP contribution in [-0.2, 0) is 9.53 Å². The van der Waals surface area contributed by atoms with Crippen LogP contribution in [-0.4, -0.2) is 62.0 Å². The summed E-state index contributed by atoms with van der Waals surface area (Å²) in [4.78, 5) is 28.1. The van der Waals surface area contributed by atoms with Gasteiger partial charge in [-0.1, -0.05) is 17.7 Å². The van der Waals surface area contributed by atoms with Crippen molar-refractivity contribution < 1.29 is 14.3 Å². The van der Waals surface area contributed by atoms with Crippen molar-refractivity contribution in [1.82, 2.24) is 9.80 Å². The van der Waals surface area contributed by atoms with E-state index in [1.54, 1.807) is 38.4 Å².